The Bertz CT molecular complexity index is 825. The molecule has 0 saturated carbocycles. The van der Waals surface area contributed by atoms with Gasteiger partial charge in [0.2, 0.25) is 5.95 Å². The van der Waals surface area contributed by atoms with E-state index >= 15 is 0 Å². The molecule has 3 aromatic rings. The van der Waals surface area contributed by atoms with Crippen LogP contribution in [0.2, 0.25) is 0 Å². The third-order valence-electron chi connectivity index (χ3n) is 3.88. The van der Waals surface area contributed by atoms with Crippen LogP contribution in [-0.4, -0.2) is 9.97 Å². The molecule has 0 unspecified atom stereocenters. The third kappa shape index (κ3) is 4.10. The molecule has 24 heavy (non-hydrogen) atoms. The molecule has 0 bridgehead atoms. The van der Waals surface area contributed by atoms with Crippen molar-refractivity contribution in [2.75, 3.05) is 10.6 Å². The van der Waals surface area contributed by atoms with Crippen molar-refractivity contribution >= 4 is 17.5 Å². The van der Waals surface area contributed by atoms with E-state index in [1.165, 1.54) is 16.7 Å². The van der Waals surface area contributed by atoms with Crippen LogP contribution in [0.4, 0.5) is 17.5 Å². The van der Waals surface area contributed by atoms with Gasteiger partial charge in [0.05, 0.1) is 0 Å². The van der Waals surface area contributed by atoms with Crippen LogP contribution >= 0.6 is 0 Å². The molecule has 0 saturated heterocycles. The van der Waals surface area contributed by atoms with Gasteiger partial charge >= 0.3 is 0 Å². The van der Waals surface area contributed by atoms with E-state index in [1.807, 2.05) is 37.3 Å². The second-order valence-corrected chi connectivity index (χ2v) is 5.99. The monoisotopic (exact) mass is 318 g/mol. The second-order valence-electron chi connectivity index (χ2n) is 5.99. The van der Waals surface area contributed by atoms with E-state index in [0.717, 1.165) is 17.2 Å². The number of nitrogens with zero attached hydrogens (tertiary/aromatic N) is 2. The molecule has 0 aliphatic rings. The van der Waals surface area contributed by atoms with Crippen molar-refractivity contribution in [1.29, 1.82) is 0 Å². The summed E-state index contributed by atoms with van der Waals surface area (Å²) in [7, 11) is 0. The number of aryl methyl sites for hydroxylation is 3. The zero-order valence-electron chi connectivity index (χ0n) is 14.3. The summed E-state index contributed by atoms with van der Waals surface area (Å²) in [5.41, 5.74) is 5.68. The minimum atomic E-state index is 0.632. The van der Waals surface area contributed by atoms with Crippen molar-refractivity contribution < 1.29 is 0 Å². The quantitative estimate of drug-likeness (QED) is 0.712. The van der Waals surface area contributed by atoms with E-state index < -0.39 is 0 Å². The highest BCUT2D eigenvalue weighted by molar-refractivity contribution is 5.57. The first-order valence-electron chi connectivity index (χ1n) is 8.08. The van der Waals surface area contributed by atoms with Gasteiger partial charge in [-0.15, -0.1) is 0 Å². The SMILES string of the molecule is Cc1ccc(Nc2cc(C)nc(NCc3ccccc3C)n2)cc1. The summed E-state index contributed by atoms with van der Waals surface area (Å²) in [5.74, 6) is 1.42. The summed E-state index contributed by atoms with van der Waals surface area (Å²) in [4.78, 5) is 9.03. The van der Waals surface area contributed by atoms with Crippen LogP contribution in [0, 0.1) is 20.8 Å². The molecule has 2 N–H and O–H groups in total. The number of nitrogens with one attached hydrogen (secondary N) is 2. The second kappa shape index (κ2) is 7.13. The molecule has 1 heterocycles. The fraction of sp³-hybridized carbons (Fsp3) is 0.200. The average molecular weight is 318 g/mol. The maximum atomic E-state index is 4.56. The molecular formula is C20H22N4. The molecule has 0 radical (unpaired) electrons. The fourth-order valence-electron chi connectivity index (χ4n) is 2.48. The van der Waals surface area contributed by atoms with Gasteiger partial charge < -0.3 is 10.6 Å². The first kappa shape index (κ1) is 16.0. The van der Waals surface area contributed by atoms with E-state index in [0.29, 0.717) is 12.5 Å². The summed E-state index contributed by atoms with van der Waals surface area (Å²) in [6, 6.07) is 18.5. The molecule has 3 rings (SSSR count). The topological polar surface area (TPSA) is 49.8 Å². The van der Waals surface area contributed by atoms with Gasteiger partial charge in [0.25, 0.3) is 0 Å². The Morgan fingerprint density at radius 3 is 2.38 bits per heavy atom. The average Bonchev–Trinajstić information content (AvgIpc) is 2.56. The van der Waals surface area contributed by atoms with Crippen LogP contribution in [0.3, 0.4) is 0 Å². The van der Waals surface area contributed by atoms with E-state index in [-0.39, 0.29) is 0 Å². The third-order valence-corrected chi connectivity index (χ3v) is 3.88. The van der Waals surface area contributed by atoms with E-state index in [4.69, 9.17) is 0 Å². The molecule has 0 aliphatic heterocycles. The van der Waals surface area contributed by atoms with Crippen LogP contribution in [0.15, 0.2) is 54.6 Å². The lowest BCUT2D eigenvalue weighted by Crippen LogP contribution is -2.07. The number of aromatic nitrogens is 2. The van der Waals surface area contributed by atoms with Crippen molar-refractivity contribution in [3.8, 4) is 0 Å². The lowest BCUT2D eigenvalue weighted by Gasteiger charge is -2.11. The summed E-state index contributed by atoms with van der Waals surface area (Å²) in [6.45, 7) is 6.87. The van der Waals surface area contributed by atoms with Gasteiger partial charge in [0.15, 0.2) is 0 Å². The van der Waals surface area contributed by atoms with Crippen molar-refractivity contribution in [3.05, 3.63) is 77.0 Å². The Hall–Kier alpha value is -2.88. The standard InChI is InChI=1S/C20H22N4/c1-14-8-10-18(11-9-14)23-19-12-16(3)22-20(24-19)21-13-17-7-5-4-6-15(17)2/h4-12H,13H2,1-3H3,(H2,21,22,23,24). The predicted molar refractivity (Wildman–Crippen MR) is 99.7 cm³/mol. The molecular weight excluding hydrogens is 296 g/mol. The molecule has 0 spiro atoms. The normalized spacial score (nSPS) is 10.5. The predicted octanol–water partition coefficient (Wildman–Crippen LogP) is 4.76. The molecule has 122 valence electrons. The number of benzene rings is 2. The van der Waals surface area contributed by atoms with Gasteiger partial charge in [0, 0.05) is 24.0 Å². The minimum absolute atomic E-state index is 0.632. The zero-order valence-corrected chi connectivity index (χ0v) is 14.3. The van der Waals surface area contributed by atoms with Crippen molar-refractivity contribution in [2.45, 2.75) is 27.3 Å². The van der Waals surface area contributed by atoms with Crippen LogP contribution in [0.5, 0.6) is 0 Å². The number of hydrogen-bond acceptors (Lipinski definition) is 4. The summed E-state index contributed by atoms with van der Waals surface area (Å²) in [6.07, 6.45) is 0. The van der Waals surface area contributed by atoms with Crippen LogP contribution in [0.25, 0.3) is 0 Å². The van der Waals surface area contributed by atoms with Crippen LogP contribution in [0.1, 0.15) is 22.4 Å². The van der Waals surface area contributed by atoms with Crippen molar-refractivity contribution in [1.82, 2.24) is 9.97 Å². The molecule has 1 aromatic heterocycles. The molecule has 4 nitrogen and oxygen atoms in total. The van der Waals surface area contributed by atoms with Crippen molar-refractivity contribution in [2.24, 2.45) is 0 Å². The molecule has 0 fully saturated rings. The van der Waals surface area contributed by atoms with Crippen LogP contribution in [-0.2, 0) is 6.54 Å². The van der Waals surface area contributed by atoms with Gasteiger partial charge in [-0.2, -0.15) is 4.98 Å². The van der Waals surface area contributed by atoms with E-state index in [2.05, 4.69) is 58.7 Å². The van der Waals surface area contributed by atoms with E-state index in [9.17, 15) is 0 Å². The fourth-order valence-corrected chi connectivity index (χ4v) is 2.48. The van der Waals surface area contributed by atoms with Gasteiger partial charge in [-0.3, -0.25) is 0 Å². The van der Waals surface area contributed by atoms with Gasteiger partial charge in [-0.05, 0) is 44.0 Å². The van der Waals surface area contributed by atoms with Gasteiger partial charge in [-0.25, -0.2) is 4.98 Å². The molecule has 0 aliphatic carbocycles. The largest absolute Gasteiger partial charge is 0.350 e. The molecule has 0 atom stereocenters. The Morgan fingerprint density at radius 2 is 1.62 bits per heavy atom. The highest BCUT2D eigenvalue weighted by Crippen LogP contribution is 2.18. The zero-order chi connectivity index (χ0) is 16.9. The maximum Gasteiger partial charge on any atom is 0.225 e. The first-order valence-corrected chi connectivity index (χ1v) is 8.08. The van der Waals surface area contributed by atoms with E-state index in [1.54, 1.807) is 0 Å². The Balaban J connectivity index is 1.74. The Kier molecular flexibility index (Phi) is 4.75. The molecule has 2 aromatic carbocycles. The highest BCUT2D eigenvalue weighted by Gasteiger charge is 2.04. The first-order chi connectivity index (χ1) is 11.6. The summed E-state index contributed by atoms with van der Waals surface area (Å²) in [5, 5.41) is 6.65. The lowest BCUT2D eigenvalue weighted by atomic mass is 10.1. The van der Waals surface area contributed by atoms with Gasteiger partial charge in [0.1, 0.15) is 5.82 Å². The molecule has 4 heteroatoms. The summed E-state index contributed by atoms with van der Waals surface area (Å²) < 4.78 is 0. The molecule has 0 amide bonds. The smallest absolute Gasteiger partial charge is 0.225 e. The summed E-state index contributed by atoms with van der Waals surface area (Å²) >= 11 is 0. The number of hydrogen-bond donors (Lipinski definition) is 2. The number of rotatable bonds is 5. The lowest BCUT2D eigenvalue weighted by molar-refractivity contribution is 1.02. The van der Waals surface area contributed by atoms with Crippen molar-refractivity contribution in [3.63, 3.8) is 0 Å². The van der Waals surface area contributed by atoms with Crippen LogP contribution < -0.4 is 10.6 Å². The maximum absolute atomic E-state index is 4.56. The Labute approximate surface area is 143 Å². The number of anilines is 3. The minimum Gasteiger partial charge on any atom is -0.350 e. The highest BCUT2D eigenvalue weighted by atomic mass is 15.1. The van der Waals surface area contributed by atoms with Gasteiger partial charge in [-0.1, -0.05) is 42.0 Å². The Morgan fingerprint density at radius 1 is 0.875 bits per heavy atom.